The number of carbonyl (C=O) groups excluding carboxylic acids is 1. The van der Waals surface area contributed by atoms with Crippen LogP contribution in [0, 0.1) is 0 Å². The molecule has 1 amide bonds. The number of anilines is 1. The molecule has 5 nitrogen and oxygen atoms in total. The average Bonchev–Trinajstić information content (AvgIpc) is 2.63. The third kappa shape index (κ3) is 7.82. The van der Waals surface area contributed by atoms with E-state index in [1.807, 2.05) is 30.3 Å². The fraction of sp³-hybridized carbons (Fsp3) is 0.316. The lowest BCUT2D eigenvalue weighted by Gasteiger charge is -2.22. The highest BCUT2D eigenvalue weighted by atomic mass is 35.5. The summed E-state index contributed by atoms with van der Waals surface area (Å²) < 4.78 is 25.3. The van der Waals surface area contributed by atoms with Crippen LogP contribution in [0.25, 0.3) is 0 Å². The summed E-state index contributed by atoms with van der Waals surface area (Å²) in [6.45, 7) is 0.830. The van der Waals surface area contributed by atoms with Crippen molar-refractivity contribution in [2.24, 2.45) is 0 Å². The largest absolute Gasteiger partial charge is 0.355 e. The molecule has 0 aliphatic carbocycles. The van der Waals surface area contributed by atoms with Gasteiger partial charge in [0.2, 0.25) is 15.9 Å². The fourth-order valence-electron chi connectivity index (χ4n) is 2.44. The van der Waals surface area contributed by atoms with Gasteiger partial charge in [0.15, 0.2) is 0 Å². The quantitative estimate of drug-likeness (QED) is 0.463. The highest BCUT2D eigenvalue weighted by Crippen LogP contribution is 2.20. The van der Waals surface area contributed by atoms with Crippen molar-refractivity contribution in [2.45, 2.75) is 17.7 Å². The molecule has 0 spiro atoms. The number of halogens is 1. The Morgan fingerprint density at radius 3 is 2.41 bits per heavy atom. The monoisotopic (exact) mass is 426 g/mol. The summed E-state index contributed by atoms with van der Waals surface area (Å²) in [7, 11) is -3.38. The van der Waals surface area contributed by atoms with Crippen LogP contribution in [0.3, 0.4) is 0 Å². The summed E-state index contributed by atoms with van der Waals surface area (Å²) in [5.41, 5.74) is 0.611. The maximum atomic E-state index is 12.0. The summed E-state index contributed by atoms with van der Waals surface area (Å²) >= 11 is 7.48. The highest BCUT2D eigenvalue weighted by Gasteiger charge is 2.17. The van der Waals surface area contributed by atoms with Gasteiger partial charge in [-0.1, -0.05) is 29.8 Å². The third-order valence-corrected chi connectivity index (χ3v) is 6.18. The SMILES string of the molecule is CS(=O)(=O)N(CCCC(=O)NCCSc1ccc(Cl)cc1)c1ccccc1. The Morgan fingerprint density at radius 1 is 1.11 bits per heavy atom. The molecule has 2 rings (SSSR count). The molecule has 0 heterocycles. The Hall–Kier alpha value is -1.70. The Labute approximate surface area is 170 Å². The van der Waals surface area contributed by atoms with E-state index in [4.69, 9.17) is 11.6 Å². The number of hydrogen-bond donors (Lipinski definition) is 1. The molecule has 0 aromatic heterocycles. The molecule has 27 heavy (non-hydrogen) atoms. The van der Waals surface area contributed by atoms with Crippen molar-refractivity contribution in [2.75, 3.05) is 29.4 Å². The molecule has 1 N–H and O–H groups in total. The zero-order chi connectivity index (χ0) is 19.7. The Morgan fingerprint density at radius 2 is 1.78 bits per heavy atom. The van der Waals surface area contributed by atoms with Gasteiger partial charge in [-0.3, -0.25) is 9.10 Å². The maximum absolute atomic E-state index is 12.0. The Kier molecular flexibility index (Phi) is 8.47. The number of hydrogen-bond acceptors (Lipinski definition) is 4. The summed E-state index contributed by atoms with van der Waals surface area (Å²) in [6, 6.07) is 16.5. The van der Waals surface area contributed by atoms with Gasteiger partial charge in [-0.15, -0.1) is 11.8 Å². The van der Waals surface area contributed by atoms with E-state index in [9.17, 15) is 13.2 Å². The van der Waals surface area contributed by atoms with Crippen LogP contribution < -0.4 is 9.62 Å². The zero-order valence-electron chi connectivity index (χ0n) is 15.1. The molecule has 0 saturated heterocycles. The number of nitrogens with zero attached hydrogens (tertiary/aromatic N) is 1. The lowest BCUT2D eigenvalue weighted by atomic mass is 10.2. The van der Waals surface area contributed by atoms with Crippen LogP contribution in [0.2, 0.25) is 5.02 Å². The molecule has 8 heteroatoms. The second-order valence-electron chi connectivity index (χ2n) is 5.93. The van der Waals surface area contributed by atoms with Gasteiger partial charge in [0.05, 0.1) is 11.9 Å². The van der Waals surface area contributed by atoms with Crippen molar-refractivity contribution in [3.63, 3.8) is 0 Å². The van der Waals surface area contributed by atoms with Crippen LogP contribution in [-0.4, -0.2) is 39.4 Å². The summed E-state index contributed by atoms with van der Waals surface area (Å²) in [4.78, 5) is 13.1. The van der Waals surface area contributed by atoms with Crippen molar-refractivity contribution in [1.29, 1.82) is 0 Å². The third-order valence-electron chi connectivity index (χ3n) is 3.72. The molecule has 2 aromatic carbocycles. The van der Waals surface area contributed by atoms with Crippen molar-refractivity contribution >= 4 is 45.0 Å². The normalized spacial score (nSPS) is 11.2. The first-order valence-corrected chi connectivity index (χ1v) is 11.8. The van der Waals surface area contributed by atoms with Gasteiger partial charge in [-0.05, 0) is 42.8 Å². The molecule has 0 bridgehead atoms. The molecule has 0 aliphatic heterocycles. The first-order valence-electron chi connectivity index (χ1n) is 8.54. The van der Waals surface area contributed by atoms with Crippen LogP contribution >= 0.6 is 23.4 Å². The fourth-order valence-corrected chi connectivity index (χ4v) is 4.30. The van der Waals surface area contributed by atoms with E-state index in [0.717, 1.165) is 10.6 Å². The molecule has 0 fully saturated rings. The number of carbonyl (C=O) groups is 1. The maximum Gasteiger partial charge on any atom is 0.232 e. The number of benzene rings is 2. The molecule has 2 aromatic rings. The van der Waals surface area contributed by atoms with E-state index in [-0.39, 0.29) is 18.9 Å². The van der Waals surface area contributed by atoms with E-state index < -0.39 is 10.0 Å². The summed E-state index contributed by atoms with van der Waals surface area (Å²) in [5, 5.41) is 3.56. The van der Waals surface area contributed by atoms with Crippen molar-refractivity contribution in [3.05, 3.63) is 59.6 Å². The minimum atomic E-state index is -3.38. The van der Waals surface area contributed by atoms with Crippen LogP contribution in [-0.2, 0) is 14.8 Å². The van der Waals surface area contributed by atoms with E-state index >= 15 is 0 Å². The van der Waals surface area contributed by atoms with Gasteiger partial charge in [0.1, 0.15) is 0 Å². The predicted octanol–water partition coefficient (Wildman–Crippen LogP) is 3.79. The van der Waals surface area contributed by atoms with E-state index in [1.54, 1.807) is 36.0 Å². The molecule has 0 atom stereocenters. The van der Waals surface area contributed by atoms with Crippen molar-refractivity contribution < 1.29 is 13.2 Å². The van der Waals surface area contributed by atoms with E-state index in [1.165, 1.54) is 10.6 Å². The van der Waals surface area contributed by atoms with E-state index in [0.29, 0.717) is 23.7 Å². The minimum Gasteiger partial charge on any atom is -0.355 e. The van der Waals surface area contributed by atoms with Crippen LogP contribution in [0.4, 0.5) is 5.69 Å². The van der Waals surface area contributed by atoms with Gasteiger partial charge in [-0.2, -0.15) is 0 Å². The van der Waals surface area contributed by atoms with Gasteiger partial charge in [-0.25, -0.2) is 8.42 Å². The zero-order valence-corrected chi connectivity index (χ0v) is 17.5. The molecule has 146 valence electrons. The molecule has 0 unspecified atom stereocenters. The first-order chi connectivity index (χ1) is 12.9. The van der Waals surface area contributed by atoms with Crippen molar-refractivity contribution in [3.8, 4) is 0 Å². The Bertz CT molecular complexity index is 828. The first kappa shape index (κ1) is 21.6. The molecular weight excluding hydrogens is 404 g/mol. The van der Waals surface area contributed by atoms with Crippen LogP contribution in [0.1, 0.15) is 12.8 Å². The number of thioether (sulfide) groups is 1. The Balaban J connectivity index is 1.70. The van der Waals surface area contributed by atoms with Gasteiger partial charge >= 0.3 is 0 Å². The predicted molar refractivity (Wildman–Crippen MR) is 113 cm³/mol. The minimum absolute atomic E-state index is 0.0757. The molecule has 0 aliphatic rings. The number of para-hydroxylation sites is 1. The number of amides is 1. The van der Waals surface area contributed by atoms with Crippen LogP contribution in [0.5, 0.6) is 0 Å². The smallest absolute Gasteiger partial charge is 0.232 e. The molecular formula is C19H23ClN2O3S2. The van der Waals surface area contributed by atoms with E-state index in [2.05, 4.69) is 5.32 Å². The molecule has 0 saturated carbocycles. The molecule has 0 radical (unpaired) electrons. The van der Waals surface area contributed by atoms with Crippen molar-refractivity contribution in [1.82, 2.24) is 5.32 Å². The van der Waals surface area contributed by atoms with Gasteiger partial charge in [0.25, 0.3) is 0 Å². The van der Waals surface area contributed by atoms with Gasteiger partial charge in [0, 0.05) is 35.2 Å². The van der Waals surface area contributed by atoms with Gasteiger partial charge < -0.3 is 5.32 Å². The topological polar surface area (TPSA) is 66.5 Å². The lowest BCUT2D eigenvalue weighted by molar-refractivity contribution is -0.121. The second kappa shape index (κ2) is 10.6. The number of nitrogens with one attached hydrogen (secondary N) is 1. The lowest BCUT2D eigenvalue weighted by Crippen LogP contribution is -2.32. The number of sulfonamides is 1. The van der Waals surface area contributed by atoms with Crippen LogP contribution in [0.15, 0.2) is 59.5 Å². The standard InChI is InChI=1S/C19H23ClN2O3S2/c1-27(24,25)22(17-6-3-2-4-7-17)14-5-8-19(23)21-13-15-26-18-11-9-16(20)10-12-18/h2-4,6-7,9-12H,5,8,13-15H2,1H3,(H,21,23). The number of rotatable bonds is 10. The summed E-state index contributed by atoms with van der Waals surface area (Å²) in [5.74, 6) is 0.681. The second-order valence-corrected chi connectivity index (χ2v) is 9.44. The average molecular weight is 427 g/mol. The summed E-state index contributed by atoms with van der Waals surface area (Å²) in [6.07, 6.45) is 1.91. The highest BCUT2D eigenvalue weighted by molar-refractivity contribution is 7.99.